The highest BCUT2D eigenvalue weighted by Crippen LogP contribution is 2.09. The Morgan fingerprint density at radius 2 is 2.13 bits per heavy atom. The van der Waals surface area contributed by atoms with Crippen LogP contribution in [-0.2, 0) is 6.54 Å². The van der Waals surface area contributed by atoms with Gasteiger partial charge in [-0.2, -0.15) is 0 Å². The van der Waals surface area contributed by atoms with Gasteiger partial charge >= 0.3 is 0 Å². The largest absolute Gasteiger partial charge is 0.313 e. The van der Waals surface area contributed by atoms with E-state index in [0.717, 1.165) is 19.0 Å². The van der Waals surface area contributed by atoms with E-state index < -0.39 is 11.6 Å². The van der Waals surface area contributed by atoms with Gasteiger partial charge in [0.05, 0.1) is 0 Å². The molecule has 1 atom stereocenters. The molecule has 4 heteroatoms. The van der Waals surface area contributed by atoms with E-state index in [1.165, 1.54) is 12.1 Å². The summed E-state index contributed by atoms with van der Waals surface area (Å²) in [6.07, 6.45) is 0.824. The predicted octanol–water partition coefficient (Wildman–Crippen LogP) is 3.07. The van der Waals surface area contributed by atoms with Crippen molar-refractivity contribution in [3.05, 3.63) is 35.4 Å². The molecule has 0 amide bonds. The number of hydrogen-bond acceptors (Lipinski definition) is 1. The smallest absolute Gasteiger partial charge is 0.130 e. The van der Waals surface area contributed by atoms with Gasteiger partial charge in [-0.25, -0.2) is 8.78 Å². The van der Waals surface area contributed by atoms with Crippen molar-refractivity contribution in [1.29, 1.82) is 0 Å². The van der Waals surface area contributed by atoms with Crippen LogP contribution >= 0.6 is 11.6 Å². The van der Waals surface area contributed by atoms with Crippen LogP contribution in [0.1, 0.15) is 18.9 Å². The first-order chi connectivity index (χ1) is 7.09. The number of rotatable bonds is 5. The molecule has 0 aliphatic heterocycles. The van der Waals surface area contributed by atoms with Crippen molar-refractivity contribution in [2.45, 2.75) is 25.3 Å². The summed E-state index contributed by atoms with van der Waals surface area (Å²) in [5, 5.41) is 3.15. The van der Waals surface area contributed by atoms with Crippen molar-refractivity contribution >= 4 is 11.6 Å². The van der Waals surface area contributed by atoms with Crippen molar-refractivity contribution in [2.24, 2.45) is 0 Å². The van der Waals surface area contributed by atoms with E-state index in [2.05, 4.69) is 5.32 Å². The van der Waals surface area contributed by atoms with Crippen molar-refractivity contribution < 1.29 is 8.78 Å². The van der Waals surface area contributed by atoms with E-state index in [1.807, 2.05) is 6.92 Å². The maximum absolute atomic E-state index is 13.1. The lowest BCUT2D eigenvalue weighted by atomic mass is 10.2. The lowest BCUT2D eigenvalue weighted by Gasteiger charge is -2.06. The third-order valence-electron chi connectivity index (χ3n) is 2.05. The van der Waals surface area contributed by atoms with Crippen LogP contribution in [0.25, 0.3) is 0 Å². The fraction of sp³-hybridized carbons (Fsp3) is 0.455. The highest BCUT2D eigenvalue weighted by atomic mass is 35.5. The maximum Gasteiger partial charge on any atom is 0.130 e. The van der Waals surface area contributed by atoms with Gasteiger partial charge in [-0.05, 0) is 26.0 Å². The topological polar surface area (TPSA) is 12.0 Å². The highest BCUT2D eigenvalue weighted by molar-refractivity contribution is 6.20. The van der Waals surface area contributed by atoms with Crippen LogP contribution in [0.15, 0.2) is 18.2 Å². The van der Waals surface area contributed by atoms with Crippen LogP contribution in [-0.4, -0.2) is 11.9 Å². The number of benzene rings is 1. The van der Waals surface area contributed by atoms with Crippen molar-refractivity contribution in [3.63, 3.8) is 0 Å². The molecule has 0 aliphatic carbocycles. The Morgan fingerprint density at radius 3 is 2.73 bits per heavy atom. The summed E-state index contributed by atoms with van der Waals surface area (Å²) in [7, 11) is 0. The van der Waals surface area contributed by atoms with E-state index in [9.17, 15) is 8.78 Å². The van der Waals surface area contributed by atoms with Gasteiger partial charge in [0, 0.05) is 23.6 Å². The van der Waals surface area contributed by atoms with Gasteiger partial charge in [0.2, 0.25) is 0 Å². The van der Waals surface area contributed by atoms with Crippen LogP contribution in [0, 0.1) is 11.6 Å². The molecule has 1 nitrogen and oxygen atoms in total. The van der Waals surface area contributed by atoms with Gasteiger partial charge in [0.15, 0.2) is 0 Å². The third-order valence-corrected chi connectivity index (χ3v) is 2.27. The standard InChI is InChI=1S/C11H14ClF2N/c1-8(12)4-5-15-7-9-2-3-10(13)6-11(9)14/h2-3,6,8,15H,4-5,7H2,1H3. The Morgan fingerprint density at radius 1 is 1.40 bits per heavy atom. The molecule has 1 unspecified atom stereocenters. The van der Waals surface area contributed by atoms with E-state index in [4.69, 9.17) is 11.6 Å². The Kier molecular flexibility index (Phi) is 4.99. The fourth-order valence-corrected chi connectivity index (χ4v) is 1.30. The lowest BCUT2D eigenvalue weighted by Crippen LogP contribution is -2.17. The SMILES string of the molecule is CC(Cl)CCNCc1ccc(F)cc1F. The number of alkyl halides is 1. The fourth-order valence-electron chi connectivity index (χ4n) is 1.19. The highest BCUT2D eigenvalue weighted by Gasteiger charge is 2.03. The molecule has 0 heterocycles. The first-order valence-corrected chi connectivity index (χ1v) is 5.32. The van der Waals surface area contributed by atoms with Crippen LogP contribution in [0.2, 0.25) is 0 Å². The van der Waals surface area contributed by atoms with Crippen LogP contribution in [0.4, 0.5) is 8.78 Å². The minimum atomic E-state index is -0.550. The van der Waals surface area contributed by atoms with Crippen molar-refractivity contribution in [1.82, 2.24) is 5.32 Å². The van der Waals surface area contributed by atoms with E-state index in [0.29, 0.717) is 12.1 Å². The summed E-state index contributed by atoms with van der Waals surface area (Å²) in [6, 6.07) is 3.59. The molecule has 1 aromatic carbocycles. The van der Waals surface area contributed by atoms with Crippen molar-refractivity contribution in [3.8, 4) is 0 Å². The minimum absolute atomic E-state index is 0.107. The quantitative estimate of drug-likeness (QED) is 0.609. The zero-order chi connectivity index (χ0) is 11.3. The maximum atomic E-state index is 13.1. The molecular weight excluding hydrogens is 220 g/mol. The normalized spacial score (nSPS) is 12.8. The zero-order valence-corrected chi connectivity index (χ0v) is 9.32. The summed E-state index contributed by atoms with van der Waals surface area (Å²) in [6.45, 7) is 3.03. The Bertz CT molecular complexity index is 315. The molecular formula is C11H14ClF2N. The summed E-state index contributed by atoms with van der Waals surface area (Å²) in [5.41, 5.74) is 0.471. The minimum Gasteiger partial charge on any atom is -0.313 e. The third kappa shape index (κ3) is 4.58. The second-order valence-electron chi connectivity index (χ2n) is 3.48. The molecule has 0 saturated carbocycles. The van der Waals surface area contributed by atoms with E-state index >= 15 is 0 Å². The summed E-state index contributed by atoms with van der Waals surface area (Å²) < 4.78 is 25.7. The van der Waals surface area contributed by atoms with Crippen LogP contribution in [0.5, 0.6) is 0 Å². The first kappa shape index (κ1) is 12.4. The van der Waals surface area contributed by atoms with Crippen LogP contribution in [0.3, 0.4) is 0 Å². The molecule has 0 aromatic heterocycles. The van der Waals surface area contributed by atoms with Gasteiger partial charge in [-0.1, -0.05) is 6.07 Å². The zero-order valence-electron chi connectivity index (χ0n) is 8.56. The lowest BCUT2D eigenvalue weighted by molar-refractivity contribution is 0.557. The van der Waals surface area contributed by atoms with E-state index in [1.54, 1.807) is 0 Å². The number of nitrogens with one attached hydrogen (secondary N) is 1. The predicted molar refractivity (Wildman–Crippen MR) is 58.0 cm³/mol. The molecule has 15 heavy (non-hydrogen) atoms. The molecule has 0 radical (unpaired) electrons. The van der Waals surface area contributed by atoms with E-state index in [-0.39, 0.29) is 5.38 Å². The summed E-state index contributed by atoms with van der Waals surface area (Å²) in [4.78, 5) is 0. The molecule has 0 aliphatic rings. The number of halogens is 3. The summed E-state index contributed by atoms with van der Waals surface area (Å²) in [5.74, 6) is -1.06. The van der Waals surface area contributed by atoms with Crippen LogP contribution < -0.4 is 5.32 Å². The second-order valence-corrected chi connectivity index (χ2v) is 4.23. The molecule has 0 fully saturated rings. The number of hydrogen-bond donors (Lipinski definition) is 1. The Hall–Kier alpha value is -0.670. The molecule has 84 valence electrons. The molecule has 1 aromatic rings. The average Bonchev–Trinajstić information content (AvgIpc) is 2.14. The van der Waals surface area contributed by atoms with Crippen molar-refractivity contribution in [2.75, 3.05) is 6.54 Å². The van der Waals surface area contributed by atoms with Gasteiger partial charge in [0.25, 0.3) is 0 Å². The molecule has 0 saturated heterocycles. The van der Waals surface area contributed by atoms with Gasteiger partial charge in [0.1, 0.15) is 11.6 Å². The van der Waals surface area contributed by atoms with Gasteiger partial charge < -0.3 is 5.32 Å². The van der Waals surface area contributed by atoms with Gasteiger partial charge in [-0.15, -0.1) is 11.6 Å². The monoisotopic (exact) mass is 233 g/mol. The molecule has 0 spiro atoms. The van der Waals surface area contributed by atoms with Gasteiger partial charge in [-0.3, -0.25) is 0 Å². The molecule has 1 N–H and O–H groups in total. The second kappa shape index (κ2) is 6.03. The summed E-state index contributed by atoms with van der Waals surface area (Å²) >= 11 is 5.75. The average molecular weight is 234 g/mol. The molecule has 0 bridgehead atoms. The first-order valence-electron chi connectivity index (χ1n) is 4.88. The molecule has 1 rings (SSSR count). The Labute approximate surface area is 93.4 Å². The Balaban J connectivity index is 2.37.